The molecule has 0 amide bonds. The SMILES string of the molecule is c1ccc(-c2ccc3ccc4ccc(-c5ccc6c(c5)oc5cc7c8c(cccc8c56)-c5ccccc5-7)nc4c3n2)cc1. The van der Waals surface area contributed by atoms with Crippen LogP contribution in [0.25, 0.3) is 99.3 Å². The zero-order chi connectivity index (χ0) is 28.1. The average Bonchev–Trinajstić information content (AvgIpc) is 3.61. The van der Waals surface area contributed by atoms with Gasteiger partial charge in [0.1, 0.15) is 11.2 Å². The Balaban J connectivity index is 1.16. The fourth-order valence-corrected chi connectivity index (χ4v) is 7.00. The van der Waals surface area contributed by atoms with Gasteiger partial charge in [-0.25, -0.2) is 9.97 Å². The molecule has 3 heterocycles. The van der Waals surface area contributed by atoms with Crippen LogP contribution in [0.5, 0.6) is 0 Å². The second kappa shape index (κ2) is 8.37. The first-order valence-electron chi connectivity index (χ1n) is 14.6. The van der Waals surface area contributed by atoms with E-state index in [4.69, 9.17) is 14.4 Å². The lowest BCUT2D eigenvalue weighted by Crippen LogP contribution is -1.91. The highest BCUT2D eigenvalue weighted by Gasteiger charge is 2.24. The third-order valence-electron chi connectivity index (χ3n) is 8.99. The Morgan fingerprint density at radius 1 is 0.395 bits per heavy atom. The fourth-order valence-electron chi connectivity index (χ4n) is 7.00. The van der Waals surface area contributed by atoms with E-state index < -0.39 is 0 Å². The summed E-state index contributed by atoms with van der Waals surface area (Å²) >= 11 is 0. The minimum absolute atomic E-state index is 0.870. The maximum absolute atomic E-state index is 6.59. The maximum atomic E-state index is 6.59. The summed E-state index contributed by atoms with van der Waals surface area (Å²) in [4.78, 5) is 10.2. The van der Waals surface area contributed by atoms with E-state index in [1.165, 1.54) is 38.4 Å². The van der Waals surface area contributed by atoms with Gasteiger partial charge in [0.25, 0.3) is 0 Å². The van der Waals surface area contributed by atoms with Crippen molar-refractivity contribution in [2.24, 2.45) is 0 Å². The molecule has 10 rings (SSSR count). The summed E-state index contributed by atoms with van der Waals surface area (Å²) in [6.07, 6.45) is 0. The summed E-state index contributed by atoms with van der Waals surface area (Å²) in [6, 6.07) is 47.0. The van der Waals surface area contributed by atoms with Crippen LogP contribution in [0.15, 0.2) is 138 Å². The van der Waals surface area contributed by atoms with Crippen LogP contribution in [-0.2, 0) is 0 Å². The Morgan fingerprint density at radius 3 is 1.81 bits per heavy atom. The van der Waals surface area contributed by atoms with Crippen molar-refractivity contribution in [2.45, 2.75) is 0 Å². The van der Waals surface area contributed by atoms with Crippen LogP contribution in [0.4, 0.5) is 0 Å². The Morgan fingerprint density at radius 2 is 1.05 bits per heavy atom. The Labute approximate surface area is 246 Å². The number of furan rings is 1. The number of hydrogen-bond acceptors (Lipinski definition) is 3. The molecule has 43 heavy (non-hydrogen) atoms. The van der Waals surface area contributed by atoms with Crippen molar-refractivity contribution >= 4 is 54.5 Å². The van der Waals surface area contributed by atoms with Crippen molar-refractivity contribution in [3.63, 3.8) is 0 Å². The normalized spacial score (nSPS) is 12.2. The molecule has 1 aliphatic carbocycles. The van der Waals surface area contributed by atoms with E-state index in [0.29, 0.717) is 0 Å². The summed E-state index contributed by atoms with van der Waals surface area (Å²) in [5.74, 6) is 0. The second-order valence-electron chi connectivity index (χ2n) is 11.4. The van der Waals surface area contributed by atoms with Crippen LogP contribution in [0, 0.1) is 0 Å². The topological polar surface area (TPSA) is 38.9 Å². The molecule has 3 nitrogen and oxygen atoms in total. The van der Waals surface area contributed by atoms with E-state index >= 15 is 0 Å². The van der Waals surface area contributed by atoms with Gasteiger partial charge >= 0.3 is 0 Å². The van der Waals surface area contributed by atoms with Crippen molar-refractivity contribution in [2.75, 3.05) is 0 Å². The Hall–Kier alpha value is -5.80. The van der Waals surface area contributed by atoms with E-state index in [9.17, 15) is 0 Å². The van der Waals surface area contributed by atoms with Gasteiger partial charge in [0, 0.05) is 32.7 Å². The van der Waals surface area contributed by atoms with Gasteiger partial charge in [-0.1, -0.05) is 103 Å². The van der Waals surface area contributed by atoms with E-state index in [1.54, 1.807) is 0 Å². The van der Waals surface area contributed by atoms with Crippen LogP contribution in [-0.4, -0.2) is 9.97 Å². The van der Waals surface area contributed by atoms with Gasteiger partial charge in [-0.05, 0) is 63.4 Å². The van der Waals surface area contributed by atoms with E-state index in [2.05, 4.69) is 115 Å². The molecule has 0 unspecified atom stereocenters. The van der Waals surface area contributed by atoms with Crippen molar-refractivity contribution in [3.8, 4) is 44.8 Å². The van der Waals surface area contributed by atoms with Gasteiger partial charge in [0.15, 0.2) is 0 Å². The van der Waals surface area contributed by atoms with Crippen LogP contribution in [0.3, 0.4) is 0 Å². The number of fused-ring (bicyclic) bond motifs is 10. The molecule has 0 spiro atoms. The number of rotatable bonds is 2. The third-order valence-corrected chi connectivity index (χ3v) is 8.99. The lowest BCUT2D eigenvalue weighted by atomic mass is 9.98. The van der Waals surface area contributed by atoms with Crippen LogP contribution >= 0.6 is 0 Å². The highest BCUT2D eigenvalue weighted by Crippen LogP contribution is 2.50. The van der Waals surface area contributed by atoms with Crippen LogP contribution in [0.2, 0.25) is 0 Å². The predicted octanol–water partition coefficient (Wildman–Crippen LogP) is 10.8. The molecule has 9 aromatic rings. The van der Waals surface area contributed by atoms with Gasteiger partial charge in [-0.2, -0.15) is 0 Å². The molecule has 0 saturated carbocycles. The minimum atomic E-state index is 0.870. The standard InChI is InChI=1S/C40H22N2O/c1-2-7-23(8-3-1)33-19-16-24-13-14-25-17-20-34(42-40(25)39(24)41-33)26-15-18-30-35(21-26)43-36-22-32-28-10-5-4-9-27(28)29-11-6-12-31(37(29)32)38(30)36/h1-22H. The second-order valence-corrected chi connectivity index (χ2v) is 11.4. The zero-order valence-electron chi connectivity index (χ0n) is 23.0. The molecule has 0 aliphatic heterocycles. The van der Waals surface area contributed by atoms with Crippen LogP contribution in [0.1, 0.15) is 0 Å². The lowest BCUT2D eigenvalue weighted by molar-refractivity contribution is 0.669. The zero-order valence-corrected chi connectivity index (χ0v) is 23.0. The summed E-state index contributed by atoms with van der Waals surface area (Å²) in [5.41, 5.74) is 12.7. The molecule has 1 aliphatic rings. The minimum Gasteiger partial charge on any atom is -0.456 e. The first-order chi connectivity index (χ1) is 21.3. The van der Waals surface area contributed by atoms with Gasteiger partial charge in [0.2, 0.25) is 0 Å². The largest absolute Gasteiger partial charge is 0.456 e. The number of pyridine rings is 2. The molecule has 0 radical (unpaired) electrons. The molecule has 0 saturated heterocycles. The Bertz CT molecular complexity index is 2610. The first kappa shape index (κ1) is 22.8. The van der Waals surface area contributed by atoms with Crippen molar-refractivity contribution in [3.05, 3.63) is 133 Å². The van der Waals surface area contributed by atoms with Gasteiger partial charge in [0.05, 0.1) is 22.4 Å². The number of nitrogens with zero attached hydrogens (tertiary/aromatic N) is 2. The highest BCUT2D eigenvalue weighted by atomic mass is 16.3. The molecule has 3 aromatic heterocycles. The summed E-state index contributed by atoms with van der Waals surface area (Å²) in [5, 5.41) is 7.00. The molecule has 6 aromatic carbocycles. The number of hydrogen-bond donors (Lipinski definition) is 0. The predicted molar refractivity (Wildman–Crippen MR) is 177 cm³/mol. The first-order valence-corrected chi connectivity index (χ1v) is 14.6. The smallest absolute Gasteiger partial charge is 0.136 e. The van der Waals surface area contributed by atoms with E-state index in [0.717, 1.165) is 60.9 Å². The highest BCUT2D eigenvalue weighted by molar-refractivity contribution is 6.28. The maximum Gasteiger partial charge on any atom is 0.136 e. The summed E-state index contributed by atoms with van der Waals surface area (Å²) < 4.78 is 6.59. The summed E-state index contributed by atoms with van der Waals surface area (Å²) in [6.45, 7) is 0. The Kier molecular flexibility index (Phi) is 4.45. The quantitative estimate of drug-likeness (QED) is 0.202. The molecule has 0 atom stereocenters. The lowest BCUT2D eigenvalue weighted by Gasteiger charge is -2.08. The summed E-state index contributed by atoms with van der Waals surface area (Å²) in [7, 11) is 0. The van der Waals surface area contributed by atoms with Crippen molar-refractivity contribution in [1.29, 1.82) is 0 Å². The molecule has 198 valence electrons. The van der Waals surface area contributed by atoms with Gasteiger partial charge in [-0.15, -0.1) is 0 Å². The number of aromatic nitrogens is 2. The molecular weight excluding hydrogens is 524 g/mol. The van der Waals surface area contributed by atoms with E-state index in [1.807, 2.05) is 18.2 Å². The number of benzene rings is 6. The van der Waals surface area contributed by atoms with Crippen molar-refractivity contribution < 1.29 is 4.42 Å². The fraction of sp³-hybridized carbons (Fsp3) is 0. The van der Waals surface area contributed by atoms with Crippen LogP contribution < -0.4 is 0 Å². The molecule has 0 N–H and O–H groups in total. The monoisotopic (exact) mass is 546 g/mol. The molecular formula is C40H22N2O. The van der Waals surface area contributed by atoms with Crippen molar-refractivity contribution in [1.82, 2.24) is 9.97 Å². The molecule has 0 bridgehead atoms. The van der Waals surface area contributed by atoms with Gasteiger partial charge in [-0.3, -0.25) is 0 Å². The average molecular weight is 547 g/mol. The van der Waals surface area contributed by atoms with E-state index in [-0.39, 0.29) is 0 Å². The van der Waals surface area contributed by atoms with Gasteiger partial charge < -0.3 is 4.42 Å². The third kappa shape index (κ3) is 3.19. The molecule has 3 heteroatoms. The molecule has 0 fully saturated rings.